The van der Waals surface area contributed by atoms with Crippen molar-refractivity contribution in [3.63, 3.8) is 0 Å². The summed E-state index contributed by atoms with van der Waals surface area (Å²) in [5, 5.41) is 8.62. The summed E-state index contributed by atoms with van der Waals surface area (Å²) in [4.78, 5) is 0. The van der Waals surface area contributed by atoms with Crippen LogP contribution in [0.2, 0.25) is 0 Å². The van der Waals surface area contributed by atoms with E-state index in [0.29, 0.717) is 22.7 Å². The molecule has 4 nitrogen and oxygen atoms in total. The number of nitrogens with zero attached hydrogens (tertiary/aromatic N) is 1. The SMILES string of the molecule is CC.N#Cc1cc2c(cc1N)OCO2. The number of rotatable bonds is 0. The van der Waals surface area contributed by atoms with E-state index in [4.69, 9.17) is 20.5 Å². The summed E-state index contributed by atoms with van der Waals surface area (Å²) in [5.41, 5.74) is 6.38. The summed E-state index contributed by atoms with van der Waals surface area (Å²) in [6, 6.07) is 5.14. The van der Waals surface area contributed by atoms with Crippen LogP contribution in [0.25, 0.3) is 0 Å². The minimum Gasteiger partial charge on any atom is -0.454 e. The van der Waals surface area contributed by atoms with Crippen LogP contribution >= 0.6 is 0 Å². The largest absolute Gasteiger partial charge is 0.454 e. The van der Waals surface area contributed by atoms with Crippen LogP contribution in [0.4, 0.5) is 5.69 Å². The van der Waals surface area contributed by atoms with Gasteiger partial charge in [-0.1, -0.05) is 13.8 Å². The molecule has 1 heterocycles. The molecule has 0 amide bonds. The van der Waals surface area contributed by atoms with E-state index < -0.39 is 0 Å². The van der Waals surface area contributed by atoms with Crippen molar-refractivity contribution in [1.82, 2.24) is 0 Å². The van der Waals surface area contributed by atoms with Crippen molar-refractivity contribution >= 4 is 5.69 Å². The molecule has 0 saturated heterocycles. The van der Waals surface area contributed by atoms with Gasteiger partial charge in [0.2, 0.25) is 6.79 Å². The Morgan fingerprint density at radius 2 is 1.86 bits per heavy atom. The Morgan fingerprint density at radius 3 is 2.43 bits per heavy atom. The van der Waals surface area contributed by atoms with Gasteiger partial charge in [-0.25, -0.2) is 0 Å². The zero-order chi connectivity index (χ0) is 10.6. The molecule has 0 aliphatic carbocycles. The van der Waals surface area contributed by atoms with Crippen molar-refractivity contribution in [2.45, 2.75) is 13.8 Å². The normalized spacial score (nSPS) is 11.2. The van der Waals surface area contributed by atoms with E-state index in [1.807, 2.05) is 19.9 Å². The first-order valence-electron chi connectivity index (χ1n) is 4.40. The number of hydrogen-bond acceptors (Lipinski definition) is 4. The van der Waals surface area contributed by atoms with Crippen molar-refractivity contribution in [3.8, 4) is 17.6 Å². The average molecular weight is 192 g/mol. The lowest BCUT2D eigenvalue weighted by Crippen LogP contribution is -1.92. The van der Waals surface area contributed by atoms with Gasteiger partial charge in [-0.15, -0.1) is 0 Å². The van der Waals surface area contributed by atoms with Crippen LogP contribution in [0.1, 0.15) is 19.4 Å². The number of nitrogen functional groups attached to an aromatic ring is 1. The molecule has 1 aliphatic rings. The Labute approximate surface area is 82.9 Å². The average Bonchev–Trinajstić information content (AvgIpc) is 2.66. The molecule has 0 saturated carbocycles. The fourth-order valence-corrected chi connectivity index (χ4v) is 1.05. The Balaban J connectivity index is 0.000000461. The Hall–Kier alpha value is -1.89. The van der Waals surface area contributed by atoms with Gasteiger partial charge in [-0.05, 0) is 0 Å². The Bertz CT molecular complexity index is 368. The maximum atomic E-state index is 8.62. The second-order valence-corrected chi connectivity index (χ2v) is 2.40. The number of benzene rings is 1. The van der Waals surface area contributed by atoms with E-state index in [1.54, 1.807) is 12.1 Å². The van der Waals surface area contributed by atoms with Crippen LogP contribution in [0.5, 0.6) is 11.5 Å². The summed E-state index contributed by atoms with van der Waals surface area (Å²) in [5.74, 6) is 1.19. The first kappa shape index (κ1) is 10.2. The first-order valence-corrected chi connectivity index (χ1v) is 4.40. The molecule has 1 aromatic carbocycles. The van der Waals surface area contributed by atoms with Crippen LogP contribution in [-0.2, 0) is 0 Å². The van der Waals surface area contributed by atoms with Crippen molar-refractivity contribution in [2.24, 2.45) is 0 Å². The van der Waals surface area contributed by atoms with Gasteiger partial charge in [-0.2, -0.15) is 5.26 Å². The summed E-state index contributed by atoms with van der Waals surface area (Å²) >= 11 is 0. The van der Waals surface area contributed by atoms with E-state index >= 15 is 0 Å². The predicted octanol–water partition coefficient (Wildman–Crippen LogP) is 1.90. The molecule has 1 aromatic rings. The Morgan fingerprint density at radius 1 is 1.29 bits per heavy atom. The third kappa shape index (κ3) is 1.72. The molecule has 0 atom stereocenters. The molecule has 0 unspecified atom stereocenters. The lowest BCUT2D eigenvalue weighted by atomic mass is 10.2. The first-order chi connectivity index (χ1) is 6.81. The number of nitriles is 1. The van der Waals surface area contributed by atoms with Crippen LogP contribution in [0.15, 0.2) is 12.1 Å². The van der Waals surface area contributed by atoms with Gasteiger partial charge in [0.1, 0.15) is 6.07 Å². The number of nitrogens with two attached hydrogens (primary N) is 1. The highest BCUT2D eigenvalue weighted by Crippen LogP contribution is 2.35. The van der Waals surface area contributed by atoms with Crippen LogP contribution in [-0.4, -0.2) is 6.79 Å². The molecule has 74 valence electrons. The second-order valence-electron chi connectivity index (χ2n) is 2.40. The van der Waals surface area contributed by atoms with Gasteiger partial charge < -0.3 is 15.2 Å². The van der Waals surface area contributed by atoms with Gasteiger partial charge in [0, 0.05) is 12.1 Å². The number of anilines is 1. The Kier molecular flexibility index (Phi) is 3.19. The molecular formula is C10H12N2O2. The number of ether oxygens (including phenoxy) is 2. The van der Waals surface area contributed by atoms with E-state index in [-0.39, 0.29) is 6.79 Å². The van der Waals surface area contributed by atoms with Crippen LogP contribution in [0.3, 0.4) is 0 Å². The molecule has 14 heavy (non-hydrogen) atoms. The second kappa shape index (κ2) is 4.38. The highest BCUT2D eigenvalue weighted by Gasteiger charge is 2.15. The van der Waals surface area contributed by atoms with E-state index in [2.05, 4.69) is 0 Å². The van der Waals surface area contributed by atoms with Gasteiger partial charge >= 0.3 is 0 Å². The molecule has 0 fully saturated rings. The highest BCUT2D eigenvalue weighted by molar-refractivity contribution is 5.62. The fraction of sp³-hybridized carbons (Fsp3) is 0.300. The van der Waals surface area contributed by atoms with Crippen molar-refractivity contribution in [2.75, 3.05) is 12.5 Å². The number of fused-ring (bicyclic) bond motifs is 1. The van der Waals surface area contributed by atoms with Crippen LogP contribution < -0.4 is 15.2 Å². The molecule has 1 aliphatic heterocycles. The third-order valence-electron chi connectivity index (χ3n) is 1.67. The molecule has 0 aromatic heterocycles. The van der Waals surface area contributed by atoms with Gasteiger partial charge in [0.15, 0.2) is 11.5 Å². The lowest BCUT2D eigenvalue weighted by Gasteiger charge is -1.98. The van der Waals surface area contributed by atoms with Crippen molar-refractivity contribution in [1.29, 1.82) is 5.26 Å². The van der Waals surface area contributed by atoms with E-state index in [1.165, 1.54) is 0 Å². The minimum absolute atomic E-state index is 0.198. The van der Waals surface area contributed by atoms with Crippen LogP contribution in [0, 0.1) is 11.3 Å². The standard InChI is InChI=1S/C8H6N2O2.C2H6/c9-3-5-1-7-8(2-6(5)10)12-4-11-7;1-2/h1-2H,4,10H2;1-2H3. The summed E-state index contributed by atoms with van der Waals surface area (Å²) in [6.07, 6.45) is 0. The smallest absolute Gasteiger partial charge is 0.231 e. The van der Waals surface area contributed by atoms with Gasteiger partial charge in [0.05, 0.1) is 11.3 Å². The molecular weight excluding hydrogens is 180 g/mol. The predicted molar refractivity (Wildman–Crippen MR) is 53.0 cm³/mol. The highest BCUT2D eigenvalue weighted by atomic mass is 16.7. The monoisotopic (exact) mass is 192 g/mol. The fourth-order valence-electron chi connectivity index (χ4n) is 1.05. The minimum atomic E-state index is 0.198. The summed E-state index contributed by atoms with van der Waals surface area (Å²) in [7, 11) is 0. The van der Waals surface area contributed by atoms with Crippen molar-refractivity contribution in [3.05, 3.63) is 17.7 Å². The maximum Gasteiger partial charge on any atom is 0.231 e. The molecule has 0 spiro atoms. The third-order valence-corrected chi connectivity index (χ3v) is 1.67. The quantitative estimate of drug-likeness (QED) is 0.637. The van der Waals surface area contributed by atoms with Gasteiger partial charge in [0.25, 0.3) is 0 Å². The topological polar surface area (TPSA) is 68.3 Å². The van der Waals surface area contributed by atoms with Gasteiger partial charge in [-0.3, -0.25) is 0 Å². The zero-order valence-electron chi connectivity index (χ0n) is 8.20. The molecule has 2 N–H and O–H groups in total. The van der Waals surface area contributed by atoms with Crippen molar-refractivity contribution < 1.29 is 9.47 Å². The summed E-state index contributed by atoms with van der Waals surface area (Å²) < 4.78 is 10.1. The number of hydrogen-bond donors (Lipinski definition) is 1. The molecule has 2 rings (SSSR count). The molecule has 4 heteroatoms. The van der Waals surface area contributed by atoms with E-state index in [9.17, 15) is 0 Å². The lowest BCUT2D eigenvalue weighted by molar-refractivity contribution is 0.174. The zero-order valence-corrected chi connectivity index (χ0v) is 8.20. The van der Waals surface area contributed by atoms with E-state index in [0.717, 1.165) is 0 Å². The maximum absolute atomic E-state index is 8.62. The molecule has 0 radical (unpaired) electrons. The summed E-state index contributed by atoms with van der Waals surface area (Å²) in [6.45, 7) is 4.20. The molecule has 0 bridgehead atoms.